The highest BCUT2D eigenvalue weighted by atomic mass is 35.5. The first kappa shape index (κ1) is 10.5. The Kier molecular flexibility index (Phi) is 2.98. The molecule has 0 bridgehead atoms. The summed E-state index contributed by atoms with van der Waals surface area (Å²) in [6.07, 6.45) is 7.42. The van der Waals surface area contributed by atoms with Crippen molar-refractivity contribution in [1.82, 2.24) is 0 Å². The summed E-state index contributed by atoms with van der Waals surface area (Å²) in [4.78, 5) is 0.721. The molecule has 1 aromatic carbocycles. The average molecular weight is 239 g/mol. The van der Waals surface area contributed by atoms with Crippen LogP contribution in [0.4, 0.5) is 4.39 Å². The van der Waals surface area contributed by atoms with Crippen molar-refractivity contribution >= 4 is 28.7 Å². The molecule has 0 nitrogen and oxygen atoms in total. The lowest BCUT2D eigenvalue weighted by Crippen LogP contribution is -2.09. The number of benzene rings is 1. The van der Waals surface area contributed by atoms with Crippen molar-refractivity contribution in [3.63, 3.8) is 0 Å². The zero-order valence-electron chi connectivity index (χ0n) is 7.78. The van der Waals surface area contributed by atoms with Crippen LogP contribution in [-0.4, -0.2) is 4.86 Å². The van der Waals surface area contributed by atoms with Crippen molar-refractivity contribution in [2.24, 2.45) is 0 Å². The van der Waals surface area contributed by atoms with E-state index in [1.807, 2.05) is 24.3 Å². The van der Waals surface area contributed by atoms with Crippen molar-refractivity contribution in [3.8, 4) is 0 Å². The van der Waals surface area contributed by atoms with Gasteiger partial charge in [0.15, 0.2) is 0 Å². The first-order valence-electron chi connectivity index (χ1n) is 4.52. The van der Waals surface area contributed by atoms with Crippen LogP contribution < -0.4 is 0 Å². The van der Waals surface area contributed by atoms with E-state index in [4.69, 9.17) is 23.8 Å². The Labute approximate surface area is 98.1 Å². The smallest absolute Gasteiger partial charge is 0.128 e. The van der Waals surface area contributed by atoms with Gasteiger partial charge in [-0.25, -0.2) is 4.39 Å². The van der Waals surface area contributed by atoms with E-state index in [-0.39, 0.29) is 11.7 Å². The molecule has 0 fully saturated rings. The lowest BCUT2D eigenvalue weighted by Gasteiger charge is -2.15. The summed E-state index contributed by atoms with van der Waals surface area (Å²) < 4.78 is 13.6. The third kappa shape index (κ3) is 2.16. The quantitative estimate of drug-likeness (QED) is 0.665. The van der Waals surface area contributed by atoms with E-state index in [9.17, 15) is 4.39 Å². The highest BCUT2D eigenvalue weighted by Crippen LogP contribution is 2.27. The third-order valence-corrected chi connectivity index (χ3v) is 2.90. The number of halogens is 2. The van der Waals surface area contributed by atoms with Crippen LogP contribution >= 0.6 is 23.8 Å². The largest absolute Gasteiger partial charge is 0.207 e. The molecule has 0 amide bonds. The molecule has 0 saturated heterocycles. The van der Waals surface area contributed by atoms with Gasteiger partial charge in [0.1, 0.15) is 5.82 Å². The zero-order valence-corrected chi connectivity index (χ0v) is 9.36. The van der Waals surface area contributed by atoms with Gasteiger partial charge in [0.05, 0.1) is 0 Å². The van der Waals surface area contributed by atoms with Gasteiger partial charge in [-0.1, -0.05) is 48.1 Å². The molecule has 15 heavy (non-hydrogen) atoms. The van der Waals surface area contributed by atoms with Crippen LogP contribution in [-0.2, 0) is 0 Å². The molecule has 76 valence electrons. The molecule has 1 aromatic rings. The zero-order chi connectivity index (χ0) is 10.8. The van der Waals surface area contributed by atoms with Crippen molar-refractivity contribution in [2.45, 2.75) is 5.92 Å². The minimum absolute atomic E-state index is 0.151. The van der Waals surface area contributed by atoms with E-state index in [1.54, 1.807) is 12.1 Å². The maximum Gasteiger partial charge on any atom is 0.128 e. The second-order valence-corrected chi connectivity index (χ2v) is 4.20. The van der Waals surface area contributed by atoms with Crippen LogP contribution in [0, 0.1) is 5.82 Å². The average Bonchev–Trinajstić information content (AvgIpc) is 2.20. The molecule has 1 aliphatic rings. The molecular formula is C12H8ClFS. The molecule has 0 aliphatic heterocycles. The predicted octanol–water partition coefficient (Wildman–Crippen LogP) is 4.06. The fourth-order valence-electron chi connectivity index (χ4n) is 1.53. The lowest BCUT2D eigenvalue weighted by atomic mass is 9.92. The summed E-state index contributed by atoms with van der Waals surface area (Å²) >= 11 is 10.9. The van der Waals surface area contributed by atoms with Gasteiger partial charge in [-0.15, -0.1) is 0 Å². The summed E-state index contributed by atoms with van der Waals surface area (Å²) in [6.45, 7) is 0. The molecule has 3 heteroatoms. The standard InChI is InChI=1S/C12H8ClFS/c13-8-5-6-9(11(14)7-8)10-3-1-2-4-12(10)15/h1-7,10H. The minimum atomic E-state index is -0.310. The Hall–Kier alpha value is -0.990. The van der Waals surface area contributed by atoms with Crippen LogP contribution in [0.3, 0.4) is 0 Å². The highest BCUT2D eigenvalue weighted by Gasteiger charge is 2.17. The number of hydrogen-bond donors (Lipinski definition) is 0. The topological polar surface area (TPSA) is 0 Å². The number of rotatable bonds is 1. The highest BCUT2D eigenvalue weighted by molar-refractivity contribution is 7.80. The van der Waals surface area contributed by atoms with E-state index < -0.39 is 0 Å². The fourth-order valence-corrected chi connectivity index (χ4v) is 1.98. The predicted molar refractivity (Wildman–Crippen MR) is 65.0 cm³/mol. The molecule has 0 spiro atoms. The molecule has 0 heterocycles. The van der Waals surface area contributed by atoms with Crippen molar-refractivity contribution in [3.05, 3.63) is 58.9 Å². The molecule has 1 aliphatic carbocycles. The van der Waals surface area contributed by atoms with Crippen molar-refractivity contribution in [1.29, 1.82) is 0 Å². The molecule has 2 rings (SSSR count). The second-order valence-electron chi connectivity index (χ2n) is 3.29. The molecule has 1 unspecified atom stereocenters. The molecule has 0 N–H and O–H groups in total. The SMILES string of the molecule is Fc1cc(Cl)ccc1C1C=CC=CC1=S. The summed E-state index contributed by atoms with van der Waals surface area (Å²) in [6, 6.07) is 4.67. The summed E-state index contributed by atoms with van der Waals surface area (Å²) in [7, 11) is 0. The van der Waals surface area contributed by atoms with Crippen molar-refractivity contribution in [2.75, 3.05) is 0 Å². The van der Waals surface area contributed by atoms with E-state index in [0.29, 0.717) is 10.6 Å². The van der Waals surface area contributed by atoms with E-state index in [1.165, 1.54) is 6.07 Å². The Morgan fingerprint density at radius 2 is 2.07 bits per heavy atom. The Morgan fingerprint density at radius 3 is 2.73 bits per heavy atom. The van der Waals surface area contributed by atoms with Crippen LogP contribution in [0.5, 0.6) is 0 Å². The summed E-state index contributed by atoms with van der Waals surface area (Å²) in [5.74, 6) is -0.461. The van der Waals surface area contributed by atoms with Gasteiger partial charge < -0.3 is 0 Å². The van der Waals surface area contributed by atoms with Gasteiger partial charge in [-0.05, 0) is 18.2 Å². The number of allylic oxidation sites excluding steroid dienone is 4. The molecule has 0 saturated carbocycles. The molecule has 0 radical (unpaired) electrons. The van der Waals surface area contributed by atoms with Gasteiger partial charge >= 0.3 is 0 Å². The van der Waals surface area contributed by atoms with Crippen LogP contribution in [0.15, 0.2) is 42.5 Å². The maximum atomic E-state index is 13.6. The first-order chi connectivity index (χ1) is 7.18. The van der Waals surface area contributed by atoms with Gasteiger partial charge in [0, 0.05) is 21.4 Å². The Morgan fingerprint density at radius 1 is 1.27 bits per heavy atom. The van der Waals surface area contributed by atoms with Crippen LogP contribution in [0.1, 0.15) is 11.5 Å². The molecule has 0 aromatic heterocycles. The Balaban J connectivity index is 2.41. The van der Waals surface area contributed by atoms with Crippen molar-refractivity contribution < 1.29 is 4.39 Å². The fraction of sp³-hybridized carbons (Fsp3) is 0.0833. The third-order valence-electron chi connectivity index (χ3n) is 2.28. The monoisotopic (exact) mass is 238 g/mol. The van der Waals surface area contributed by atoms with Gasteiger partial charge in [0.25, 0.3) is 0 Å². The van der Waals surface area contributed by atoms with Crippen LogP contribution in [0.2, 0.25) is 5.02 Å². The van der Waals surface area contributed by atoms with Gasteiger partial charge in [-0.2, -0.15) is 0 Å². The molecular weight excluding hydrogens is 231 g/mol. The maximum absolute atomic E-state index is 13.6. The van der Waals surface area contributed by atoms with Gasteiger partial charge in [-0.3, -0.25) is 0 Å². The second kappa shape index (κ2) is 4.25. The number of hydrogen-bond acceptors (Lipinski definition) is 1. The minimum Gasteiger partial charge on any atom is -0.207 e. The van der Waals surface area contributed by atoms with Gasteiger partial charge in [0.2, 0.25) is 0 Å². The Bertz CT molecular complexity index is 463. The number of thiocarbonyl (C=S) groups is 1. The lowest BCUT2D eigenvalue weighted by molar-refractivity contribution is 0.612. The first-order valence-corrected chi connectivity index (χ1v) is 5.31. The summed E-state index contributed by atoms with van der Waals surface area (Å²) in [5.41, 5.74) is 0.574. The van der Waals surface area contributed by atoms with Crippen LogP contribution in [0.25, 0.3) is 0 Å². The van der Waals surface area contributed by atoms with E-state index in [2.05, 4.69) is 0 Å². The van der Waals surface area contributed by atoms with E-state index >= 15 is 0 Å². The normalized spacial score (nSPS) is 19.6. The summed E-state index contributed by atoms with van der Waals surface area (Å²) in [5, 5.41) is 0.400. The molecule has 1 atom stereocenters. The van der Waals surface area contributed by atoms with E-state index in [0.717, 1.165) is 4.86 Å².